The van der Waals surface area contributed by atoms with Gasteiger partial charge in [-0.05, 0) is 49.8 Å². The van der Waals surface area contributed by atoms with Crippen LogP contribution < -0.4 is 0 Å². The lowest BCUT2D eigenvalue weighted by Gasteiger charge is -2.30. The Balaban J connectivity index is 1.66. The molecule has 4 aromatic heterocycles. The maximum Gasteiger partial charge on any atom is 0.345 e. The van der Waals surface area contributed by atoms with Gasteiger partial charge in [0.15, 0.2) is 0 Å². The molecule has 1 aliphatic rings. The second-order valence-corrected chi connectivity index (χ2v) is 9.59. The van der Waals surface area contributed by atoms with E-state index >= 15 is 4.39 Å². The summed E-state index contributed by atoms with van der Waals surface area (Å²) in [6.07, 6.45) is 7.68. The van der Waals surface area contributed by atoms with Crippen LogP contribution >= 0.6 is 11.3 Å². The van der Waals surface area contributed by atoms with Crippen LogP contribution in [0.4, 0.5) is 4.39 Å². The van der Waals surface area contributed by atoms with Crippen molar-refractivity contribution in [1.29, 1.82) is 0 Å². The molecule has 1 saturated carbocycles. The average Bonchev–Trinajstić information content (AvgIpc) is 3.46. The van der Waals surface area contributed by atoms with Crippen molar-refractivity contribution in [2.45, 2.75) is 58.2 Å². The van der Waals surface area contributed by atoms with E-state index in [-0.39, 0.29) is 11.4 Å². The Morgan fingerprint density at radius 1 is 1.25 bits per heavy atom. The fourth-order valence-electron chi connectivity index (χ4n) is 4.78. The second kappa shape index (κ2) is 7.85. The van der Waals surface area contributed by atoms with Gasteiger partial charge in [0.25, 0.3) is 0 Å². The molecule has 0 amide bonds. The summed E-state index contributed by atoms with van der Waals surface area (Å²) < 4.78 is 22.9. The van der Waals surface area contributed by atoms with Gasteiger partial charge in [-0.25, -0.2) is 9.18 Å². The minimum atomic E-state index is -1.25. The number of carboxylic acid groups (broad SMARTS) is 1. The van der Waals surface area contributed by atoms with Crippen LogP contribution in [0.2, 0.25) is 0 Å². The van der Waals surface area contributed by atoms with Gasteiger partial charge in [-0.3, -0.25) is 4.98 Å². The van der Waals surface area contributed by atoms with Crippen molar-refractivity contribution in [3.05, 3.63) is 46.2 Å². The number of carbonyl (C=O) groups is 1. The van der Waals surface area contributed by atoms with E-state index in [0.29, 0.717) is 18.6 Å². The van der Waals surface area contributed by atoms with Gasteiger partial charge in [0.05, 0.1) is 23.3 Å². The van der Waals surface area contributed by atoms with Crippen LogP contribution in [0.5, 0.6) is 0 Å². The first-order chi connectivity index (χ1) is 15.3. The lowest BCUT2D eigenvalue weighted by molar-refractivity contribution is 0.0702. The Bertz CT molecular complexity index is 1290. The van der Waals surface area contributed by atoms with E-state index in [1.54, 1.807) is 12.3 Å². The van der Waals surface area contributed by atoms with Crippen LogP contribution in [0.25, 0.3) is 33.3 Å². The first-order valence-electron chi connectivity index (χ1n) is 10.8. The van der Waals surface area contributed by atoms with Gasteiger partial charge < -0.3 is 14.2 Å². The number of fused-ring (bicyclic) bond motifs is 1. The quantitative estimate of drug-likeness (QED) is 0.378. The molecular formula is C24H24FN3O3S. The molecule has 4 heterocycles. The van der Waals surface area contributed by atoms with Crippen molar-refractivity contribution in [2.75, 3.05) is 0 Å². The van der Waals surface area contributed by atoms with Gasteiger partial charge in [0, 0.05) is 29.1 Å². The predicted molar refractivity (Wildman–Crippen MR) is 122 cm³/mol. The first-order valence-corrected chi connectivity index (χ1v) is 11.7. The van der Waals surface area contributed by atoms with Gasteiger partial charge >= 0.3 is 5.97 Å². The molecule has 4 aromatic rings. The zero-order valence-electron chi connectivity index (χ0n) is 18.0. The molecule has 32 heavy (non-hydrogen) atoms. The number of aryl methyl sites for hydroxylation is 2. The van der Waals surface area contributed by atoms with E-state index in [1.807, 2.05) is 36.1 Å². The number of carboxylic acids is 1. The van der Waals surface area contributed by atoms with E-state index in [1.165, 1.54) is 11.3 Å². The monoisotopic (exact) mass is 453 g/mol. The summed E-state index contributed by atoms with van der Waals surface area (Å²) in [5.74, 6) is -0.247. The number of aromatic carboxylic acids is 1. The smallest absolute Gasteiger partial charge is 0.345 e. The third kappa shape index (κ3) is 3.62. The number of rotatable bonds is 5. The normalized spacial score (nSPS) is 16.0. The minimum Gasteiger partial charge on any atom is -0.477 e. The van der Waals surface area contributed by atoms with E-state index in [4.69, 9.17) is 9.51 Å². The molecule has 0 unspecified atom stereocenters. The van der Waals surface area contributed by atoms with Crippen LogP contribution in [0, 0.1) is 13.8 Å². The van der Waals surface area contributed by atoms with Crippen molar-refractivity contribution in [2.24, 2.45) is 0 Å². The summed E-state index contributed by atoms with van der Waals surface area (Å²) >= 11 is 1.18. The van der Waals surface area contributed by atoms with Crippen LogP contribution in [0.3, 0.4) is 0 Å². The SMILES string of the molecule is Cc1noc(C)c1-c1cnc2c(-c3csc(C(=O)O)c3)cn(CC3(F)CCCCC3)c2c1. The molecule has 5 rings (SSSR count). The van der Waals surface area contributed by atoms with Crippen molar-refractivity contribution in [3.8, 4) is 22.3 Å². The molecule has 0 aliphatic heterocycles. The maximum absolute atomic E-state index is 15.7. The van der Waals surface area contributed by atoms with Crippen LogP contribution in [-0.2, 0) is 6.54 Å². The van der Waals surface area contributed by atoms with Gasteiger partial charge in [-0.2, -0.15) is 0 Å². The van der Waals surface area contributed by atoms with E-state index in [0.717, 1.165) is 58.2 Å². The maximum atomic E-state index is 15.7. The fraction of sp³-hybridized carbons (Fsp3) is 0.375. The van der Waals surface area contributed by atoms with Crippen molar-refractivity contribution < 1.29 is 18.8 Å². The summed E-state index contributed by atoms with van der Waals surface area (Å²) in [4.78, 5) is 16.4. The predicted octanol–water partition coefficient (Wildman–Crippen LogP) is 6.41. The standard InChI is InChI=1S/C24H24FN3O3S/c1-14-21(15(2)31-27-14)16-8-19-22(26-10-16)18(17-9-20(23(29)30)32-12-17)11-28(19)13-24(25)6-4-3-5-7-24/h8-12H,3-7,13H2,1-2H3,(H,29,30). The summed E-state index contributed by atoms with van der Waals surface area (Å²) in [7, 11) is 0. The highest BCUT2D eigenvalue weighted by molar-refractivity contribution is 7.12. The molecule has 1 fully saturated rings. The molecule has 0 spiro atoms. The summed E-state index contributed by atoms with van der Waals surface area (Å²) in [6, 6.07) is 3.66. The molecule has 1 aliphatic carbocycles. The number of nitrogens with zero attached hydrogens (tertiary/aromatic N) is 3. The molecule has 0 atom stereocenters. The summed E-state index contributed by atoms with van der Waals surface area (Å²) in [5, 5.41) is 15.2. The number of hydrogen-bond acceptors (Lipinski definition) is 5. The fourth-order valence-corrected chi connectivity index (χ4v) is 5.52. The highest BCUT2D eigenvalue weighted by Crippen LogP contribution is 2.39. The van der Waals surface area contributed by atoms with Gasteiger partial charge in [0.2, 0.25) is 0 Å². The van der Waals surface area contributed by atoms with Crippen LogP contribution in [0.1, 0.15) is 53.2 Å². The lowest BCUT2D eigenvalue weighted by atomic mass is 9.86. The lowest BCUT2D eigenvalue weighted by Crippen LogP contribution is -2.31. The Morgan fingerprint density at radius 2 is 2.03 bits per heavy atom. The number of thiophene rings is 1. The largest absolute Gasteiger partial charge is 0.477 e. The zero-order valence-corrected chi connectivity index (χ0v) is 18.8. The molecule has 0 aromatic carbocycles. The Kier molecular flexibility index (Phi) is 5.12. The van der Waals surface area contributed by atoms with Crippen LogP contribution in [-0.4, -0.2) is 31.5 Å². The van der Waals surface area contributed by atoms with E-state index < -0.39 is 11.6 Å². The van der Waals surface area contributed by atoms with Crippen LogP contribution in [0.15, 0.2) is 34.4 Å². The third-order valence-corrected chi connectivity index (χ3v) is 7.28. The van der Waals surface area contributed by atoms with E-state index in [9.17, 15) is 9.90 Å². The first kappa shape index (κ1) is 20.9. The summed E-state index contributed by atoms with van der Waals surface area (Å²) in [6.45, 7) is 4.01. The van der Waals surface area contributed by atoms with E-state index in [2.05, 4.69) is 5.16 Å². The summed E-state index contributed by atoms with van der Waals surface area (Å²) in [5.41, 5.74) is 4.44. The number of halogens is 1. The Hall–Kier alpha value is -3.00. The zero-order chi connectivity index (χ0) is 22.5. The number of pyridine rings is 1. The molecule has 166 valence electrons. The molecule has 6 nitrogen and oxygen atoms in total. The molecule has 0 bridgehead atoms. The highest BCUT2D eigenvalue weighted by Gasteiger charge is 2.33. The van der Waals surface area contributed by atoms with Gasteiger partial charge in [0.1, 0.15) is 16.3 Å². The van der Waals surface area contributed by atoms with Gasteiger partial charge in [-0.15, -0.1) is 11.3 Å². The number of alkyl halides is 1. The molecule has 1 N–H and O–H groups in total. The topological polar surface area (TPSA) is 81.2 Å². The minimum absolute atomic E-state index is 0.256. The van der Waals surface area contributed by atoms with Crippen molar-refractivity contribution in [1.82, 2.24) is 14.7 Å². The second-order valence-electron chi connectivity index (χ2n) is 8.68. The third-order valence-electron chi connectivity index (χ3n) is 6.36. The Morgan fingerprint density at radius 3 is 2.69 bits per heavy atom. The number of aromatic nitrogens is 3. The average molecular weight is 454 g/mol. The number of hydrogen-bond donors (Lipinski definition) is 1. The highest BCUT2D eigenvalue weighted by atomic mass is 32.1. The van der Waals surface area contributed by atoms with Crippen molar-refractivity contribution in [3.63, 3.8) is 0 Å². The molecular weight excluding hydrogens is 429 g/mol. The molecule has 8 heteroatoms. The Labute approximate surface area is 188 Å². The molecule has 0 radical (unpaired) electrons. The molecule has 0 saturated heterocycles. The van der Waals surface area contributed by atoms with Crippen molar-refractivity contribution >= 4 is 28.3 Å². The van der Waals surface area contributed by atoms with Gasteiger partial charge in [-0.1, -0.05) is 24.4 Å².